The first-order valence-electron chi connectivity index (χ1n) is 22.5. The van der Waals surface area contributed by atoms with Crippen molar-refractivity contribution >= 4 is 19.8 Å². The average molecular weight is 837 g/mol. The highest BCUT2D eigenvalue weighted by atomic mass is 31.2. The number of hydrogen-bond acceptors (Lipinski definition) is 12. The highest BCUT2D eigenvalue weighted by Gasteiger charge is 2.51. The van der Waals surface area contributed by atoms with Gasteiger partial charge in [0.05, 0.1) is 6.61 Å². The molecule has 0 amide bonds. The first-order valence-corrected chi connectivity index (χ1v) is 24.0. The van der Waals surface area contributed by atoms with E-state index in [4.69, 9.17) is 18.5 Å². The lowest BCUT2D eigenvalue weighted by Crippen LogP contribution is -2.64. The van der Waals surface area contributed by atoms with E-state index in [0.717, 1.165) is 38.5 Å². The van der Waals surface area contributed by atoms with E-state index in [1.54, 1.807) is 0 Å². The number of unbranched alkanes of at least 4 members (excludes halogenated alkanes) is 23. The Labute approximate surface area is 343 Å². The quantitative estimate of drug-likeness (QED) is 0.0151. The predicted molar refractivity (Wildman–Crippen MR) is 221 cm³/mol. The summed E-state index contributed by atoms with van der Waals surface area (Å²) in [7, 11) is -5.12. The van der Waals surface area contributed by atoms with E-state index in [1.165, 1.54) is 116 Å². The Morgan fingerprint density at radius 2 is 0.930 bits per heavy atom. The number of carbonyl (C=O) groups excluding carboxylic acids is 2. The van der Waals surface area contributed by atoms with E-state index in [-0.39, 0.29) is 12.8 Å². The number of aliphatic hydroxyl groups is 5. The van der Waals surface area contributed by atoms with Gasteiger partial charge in [0.25, 0.3) is 0 Å². The number of ether oxygens (including phenoxy) is 2. The number of hydrogen-bond donors (Lipinski definition) is 6. The van der Waals surface area contributed by atoms with Gasteiger partial charge in [0.1, 0.15) is 43.2 Å². The number of phosphoric ester groups is 1. The molecule has 8 atom stereocenters. The zero-order valence-corrected chi connectivity index (χ0v) is 36.3. The fraction of sp³-hybridized carbons (Fsp3) is 0.907. The minimum Gasteiger partial charge on any atom is -0.462 e. The maximum Gasteiger partial charge on any atom is 0.472 e. The minimum atomic E-state index is -5.12. The van der Waals surface area contributed by atoms with Gasteiger partial charge in [-0.1, -0.05) is 167 Å². The van der Waals surface area contributed by atoms with Gasteiger partial charge in [0.2, 0.25) is 0 Å². The van der Waals surface area contributed by atoms with Crippen LogP contribution in [0.5, 0.6) is 0 Å². The summed E-state index contributed by atoms with van der Waals surface area (Å²) in [6, 6.07) is 0. The zero-order chi connectivity index (χ0) is 42.2. The molecule has 0 heterocycles. The Morgan fingerprint density at radius 1 is 0.526 bits per heavy atom. The van der Waals surface area contributed by atoms with Crippen LogP contribution in [0, 0.1) is 0 Å². The summed E-state index contributed by atoms with van der Waals surface area (Å²) in [5.74, 6) is -1.15. The van der Waals surface area contributed by atoms with Crippen molar-refractivity contribution in [2.45, 2.75) is 236 Å². The second kappa shape index (κ2) is 34.3. The fourth-order valence-electron chi connectivity index (χ4n) is 6.95. The van der Waals surface area contributed by atoms with Gasteiger partial charge in [0, 0.05) is 12.8 Å². The summed E-state index contributed by atoms with van der Waals surface area (Å²) in [4.78, 5) is 35.6. The summed E-state index contributed by atoms with van der Waals surface area (Å²) in [6.07, 6.45) is 21.4. The van der Waals surface area contributed by atoms with Gasteiger partial charge in [-0.3, -0.25) is 18.6 Å². The molecule has 14 heteroatoms. The van der Waals surface area contributed by atoms with Crippen LogP contribution in [0.2, 0.25) is 0 Å². The molecule has 0 radical (unpaired) electrons. The number of esters is 2. The van der Waals surface area contributed by atoms with Crippen molar-refractivity contribution in [3.8, 4) is 0 Å². The number of allylic oxidation sites excluding steroid dienone is 2. The molecule has 0 spiro atoms. The first-order chi connectivity index (χ1) is 27.4. The Kier molecular flexibility index (Phi) is 32.3. The van der Waals surface area contributed by atoms with Crippen molar-refractivity contribution in [1.82, 2.24) is 0 Å². The molecule has 0 bridgehead atoms. The zero-order valence-electron chi connectivity index (χ0n) is 35.4. The molecule has 0 aromatic heterocycles. The van der Waals surface area contributed by atoms with E-state index in [1.807, 2.05) is 6.08 Å². The molecule has 0 aromatic rings. The highest BCUT2D eigenvalue weighted by molar-refractivity contribution is 7.47. The van der Waals surface area contributed by atoms with Crippen LogP contribution in [-0.4, -0.2) is 98.3 Å². The highest BCUT2D eigenvalue weighted by Crippen LogP contribution is 2.47. The van der Waals surface area contributed by atoms with E-state index in [2.05, 4.69) is 19.9 Å². The summed E-state index contributed by atoms with van der Waals surface area (Å²) >= 11 is 0. The SMILES string of the molecule is CCCCCCCCCCCCC/C=C/CCC(=O)OC[C@@H](COP(=O)(O)OC1C(O)C(O)C(O)[C@H](O)C1O)OC(=O)CCCCCCCCCCCCCCC. The van der Waals surface area contributed by atoms with Crippen LogP contribution < -0.4 is 0 Å². The van der Waals surface area contributed by atoms with Crippen LogP contribution in [0.15, 0.2) is 12.2 Å². The van der Waals surface area contributed by atoms with Gasteiger partial charge in [0.15, 0.2) is 6.10 Å². The predicted octanol–water partition coefficient (Wildman–Crippen LogP) is 8.28. The van der Waals surface area contributed by atoms with Gasteiger partial charge in [-0.25, -0.2) is 4.57 Å². The van der Waals surface area contributed by atoms with Crippen molar-refractivity contribution in [3.63, 3.8) is 0 Å². The number of carbonyl (C=O) groups is 2. The lowest BCUT2D eigenvalue weighted by atomic mass is 9.85. The van der Waals surface area contributed by atoms with Crippen molar-refractivity contribution in [2.75, 3.05) is 13.2 Å². The molecule has 6 N–H and O–H groups in total. The van der Waals surface area contributed by atoms with E-state index in [0.29, 0.717) is 12.8 Å². The molecular formula is C43H81O13P. The van der Waals surface area contributed by atoms with Gasteiger partial charge >= 0.3 is 19.8 Å². The molecule has 1 rings (SSSR count). The second-order valence-electron chi connectivity index (χ2n) is 15.9. The van der Waals surface area contributed by atoms with Crippen LogP contribution in [0.3, 0.4) is 0 Å². The van der Waals surface area contributed by atoms with Crippen molar-refractivity contribution in [2.24, 2.45) is 0 Å². The third-order valence-electron chi connectivity index (χ3n) is 10.6. The molecule has 1 fully saturated rings. The molecule has 1 aliphatic rings. The van der Waals surface area contributed by atoms with Crippen LogP contribution in [0.4, 0.5) is 0 Å². The number of aliphatic hydroxyl groups excluding tert-OH is 5. The number of phosphoric acid groups is 1. The summed E-state index contributed by atoms with van der Waals surface area (Å²) in [5.41, 5.74) is 0. The summed E-state index contributed by atoms with van der Waals surface area (Å²) in [5, 5.41) is 50.1. The van der Waals surface area contributed by atoms with Gasteiger partial charge in [-0.2, -0.15) is 0 Å². The smallest absolute Gasteiger partial charge is 0.462 e. The van der Waals surface area contributed by atoms with Crippen molar-refractivity contribution in [3.05, 3.63) is 12.2 Å². The van der Waals surface area contributed by atoms with Crippen molar-refractivity contribution < 1.29 is 63.1 Å². The lowest BCUT2D eigenvalue weighted by molar-refractivity contribution is -0.220. The third-order valence-corrected chi connectivity index (χ3v) is 11.6. The summed E-state index contributed by atoms with van der Waals surface area (Å²) in [6.45, 7) is 3.27. The van der Waals surface area contributed by atoms with Gasteiger partial charge in [-0.15, -0.1) is 0 Å². The average Bonchev–Trinajstić information content (AvgIpc) is 3.19. The van der Waals surface area contributed by atoms with Crippen LogP contribution in [-0.2, 0) is 32.7 Å². The normalized spacial score (nSPS) is 22.7. The Balaban J connectivity index is 2.49. The molecule has 6 unspecified atom stereocenters. The molecule has 57 heavy (non-hydrogen) atoms. The molecule has 13 nitrogen and oxygen atoms in total. The number of rotatable bonds is 37. The Hall–Kier alpha value is -1.41. The van der Waals surface area contributed by atoms with Crippen LogP contribution in [0.25, 0.3) is 0 Å². The standard InChI is InChI=1S/C43H81O13P/c1-3-5-7-9-11-13-15-17-18-20-21-23-25-27-29-31-36(44)53-33-35(34-54-57(51,52)56-43-41(49)39(47)38(46)40(48)42(43)50)55-37(45)32-30-28-26-24-22-19-16-14-12-10-8-6-4-2/h25,27,35,38-43,46-50H,3-24,26,28-34H2,1-2H3,(H,51,52)/b27-25+/t35-,38?,39-,40?,41?,42?,43?/m0/s1. The largest absolute Gasteiger partial charge is 0.472 e. The van der Waals surface area contributed by atoms with E-state index in [9.17, 15) is 44.6 Å². The van der Waals surface area contributed by atoms with Crippen molar-refractivity contribution in [1.29, 1.82) is 0 Å². The molecule has 336 valence electrons. The molecule has 0 aromatic carbocycles. The first kappa shape index (κ1) is 53.6. The third kappa shape index (κ3) is 27.1. The van der Waals surface area contributed by atoms with Crippen LogP contribution in [0.1, 0.15) is 194 Å². The molecule has 1 aliphatic carbocycles. The molecule has 1 saturated carbocycles. The Bertz CT molecular complexity index is 1060. The topological polar surface area (TPSA) is 210 Å². The maximum absolute atomic E-state index is 12.8. The fourth-order valence-corrected chi connectivity index (χ4v) is 7.93. The summed E-state index contributed by atoms with van der Waals surface area (Å²) < 4.78 is 33.4. The van der Waals surface area contributed by atoms with Crippen LogP contribution >= 0.6 is 7.82 Å². The maximum atomic E-state index is 12.8. The molecule has 0 aliphatic heterocycles. The molecule has 0 saturated heterocycles. The second-order valence-corrected chi connectivity index (χ2v) is 17.3. The molecular weight excluding hydrogens is 755 g/mol. The Morgan fingerprint density at radius 3 is 1.40 bits per heavy atom. The van der Waals surface area contributed by atoms with E-state index >= 15 is 0 Å². The monoisotopic (exact) mass is 837 g/mol. The lowest BCUT2D eigenvalue weighted by Gasteiger charge is -2.41. The van der Waals surface area contributed by atoms with Gasteiger partial charge < -0.3 is 39.9 Å². The van der Waals surface area contributed by atoms with E-state index < -0.39 is 75.7 Å². The van der Waals surface area contributed by atoms with Gasteiger partial charge in [-0.05, 0) is 25.7 Å². The minimum absolute atomic E-state index is 0.0881.